The summed E-state index contributed by atoms with van der Waals surface area (Å²) in [6.45, 7) is 5.70. The number of carbonyl (C=O) groups is 1. The molecule has 1 atom stereocenters. The van der Waals surface area contributed by atoms with Gasteiger partial charge in [-0.3, -0.25) is 4.79 Å². The lowest BCUT2D eigenvalue weighted by molar-refractivity contribution is 0.0936. The van der Waals surface area contributed by atoms with Crippen molar-refractivity contribution in [3.63, 3.8) is 0 Å². The van der Waals surface area contributed by atoms with Gasteiger partial charge < -0.3 is 5.32 Å². The minimum absolute atomic E-state index is 0.0632. The molecular formula is C14H15FN2OS. The molecule has 19 heavy (non-hydrogen) atoms. The Labute approximate surface area is 115 Å². The summed E-state index contributed by atoms with van der Waals surface area (Å²) in [4.78, 5) is 17.3. The molecule has 3 nitrogen and oxygen atoms in total. The third-order valence-electron chi connectivity index (χ3n) is 2.80. The Morgan fingerprint density at radius 2 is 2.05 bits per heavy atom. The molecule has 1 heterocycles. The van der Waals surface area contributed by atoms with Crippen LogP contribution in [0.3, 0.4) is 0 Å². The third-order valence-corrected chi connectivity index (χ3v) is 4.05. The van der Waals surface area contributed by atoms with E-state index in [4.69, 9.17) is 0 Å². The van der Waals surface area contributed by atoms with Gasteiger partial charge in [-0.05, 0) is 32.9 Å². The quantitative estimate of drug-likeness (QED) is 0.935. The molecule has 1 N–H and O–H groups in total. The Kier molecular flexibility index (Phi) is 3.95. The summed E-state index contributed by atoms with van der Waals surface area (Å²) < 4.78 is 13.5. The number of amides is 1. The van der Waals surface area contributed by atoms with Gasteiger partial charge in [0.15, 0.2) is 0 Å². The summed E-state index contributed by atoms with van der Waals surface area (Å²) in [6.07, 6.45) is 0. The molecule has 0 fully saturated rings. The lowest BCUT2D eigenvalue weighted by atomic mass is 10.1. The van der Waals surface area contributed by atoms with Gasteiger partial charge >= 0.3 is 0 Å². The molecule has 5 heteroatoms. The number of hydrogen-bond donors (Lipinski definition) is 1. The van der Waals surface area contributed by atoms with Crippen LogP contribution in [0.15, 0.2) is 24.3 Å². The molecule has 0 aliphatic heterocycles. The monoisotopic (exact) mass is 278 g/mol. The smallest absolute Gasteiger partial charge is 0.254 e. The van der Waals surface area contributed by atoms with Gasteiger partial charge in [0, 0.05) is 4.88 Å². The molecule has 1 unspecified atom stereocenters. The number of benzene rings is 1. The first-order valence-electron chi connectivity index (χ1n) is 5.98. The maximum Gasteiger partial charge on any atom is 0.254 e. The molecule has 0 saturated carbocycles. The van der Waals surface area contributed by atoms with Crippen molar-refractivity contribution >= 4 is 17.2 Å². The number of carbonyl (C=O) groups excluding carboxylic acids is 1. The Bertz CT molecular complexity index is 609. The molecule has 0 radical (unpaired) electrons. The van der Waals surface area contributed by atoms with E-state index in [2.05, 4.69) is 10.3 Å². The van der Waals surface area contributed by atoms with Crippen LogP contribution < -0.4 is 5.32 Å². The van der Waals surface area contributed by atoms with Crippen LogP contribution >= 0.6 is 11.3 Å². The van der Waals surface area contributed by atoms with Crippen molar-refractivity contribution < 1.29 is 9.18 Å². The molecule has 1 aromatic heterocycles. The number of hydrogen-bond acceptors (Lipinski definition) is 3. The Morgan fingerprint density at radius 3 is 2.63 bits per heavy atom. The van der Waals surface area contributed by atoms with Gasteiger partial charge in [-0.1, -0.05) is 12.1 Å². The normalized spacial score (nSPS) is 12.2. The number of rotatable bonds is 3. The van der Waals surface area contributed by atoms with Crippen molar-refractivity contribution in [1.29, 1.82) is 0 Å². The van der Waals surface area contributed by atoms with Crippen LogP contribution in [0.4, 0.5) is 4.39 Å². The number of aryl methyl sites for hydroxylation is 2. The lowest BCUT2D eigenvalue weighted by Gasteiger charge is -2.13. The minimum atomic E-state index is -0.510. The second-order valence-corrected chi connectivity index (χ2v) is 5.59. The number of nitrogens with zero attached hydrogens (tertiary/aromatic N) is 1. The van der Waals surface area contributed by atoms with Crippen LogP contribution in [0, 0.1) is 19.7 Å². The van der Waals surface area contributed by atoms with Crippen molar-refractivity contribution in [2.24, 2.45) is 0 Å². The molecule has 0 aliphatic carbocycles. The summed E-state index contributed by atoms with van der Waals surface area (Å²) in [5, 5.41) is 3.76. The van der Waals surface area contributed by atoms with Crippen LogP contribution in [0.25, 0.3) is 0 Å². The van der Waals surface area contributed by atoms with E-state index in [0.717, 1.165) is 15.6 Å². The number of aromatic nitrogens is 1. The highest BCUT2D eigenvalue weighted by atomic mass is 32.1. The average Bonchev–Trinajstić information content (AvgIpc) is 2.69. The summed E-state index contributed by atoms with van der Waals surface area (Å²) >= 11 is 1.54. The van der Waals surface area contributed by atoms with E-state index in [9.17, 15) is 9.18 Å². The number of halogens is 1. The summed E-state index contributed by atoms with van der Waals surface area (Å²) in [6, 6.07) is 5.78. The first-order valence-corrected chi connectivity index (χ1v) is 6.80. The standard InChI is InChI=1S/C14H15FN2OS/c1-8-13(19-10(3)16-8)9(2)17-14(18)11-6-4-5-7-12(11)15/h4-7,9H,1-3H3,(H,17,18). The molecule has 0 spiro atoms. The van der Waals surface area contributed by atoms with Crippen LogP contribution in [0.2, 0.25) is 0 Å². The average molecular weight is 278 g/mol. The molecule has 0 saturated heterocycles. The van der Waals surface area contributed by atoms with Crippen molar-refractivity contribution in [3.8, 4) is 0 Å². The van der Waals surface area contributed by atoms with Gasteiger partial charge in [0.1, 0.15) is 5.82 Å². The Balaban J connectivity index is 2.15. The number of thiazole rings is 1. The molecular weight excluding hydrogens is 263 g/mol. The highest BCUT2D eigenvalue weighted by molar-refractivity contribution is 7.11. The largest absolute Gasteiger partial charge is 0.345 e. The first-order chi connectivity index (χ1) is 8.99. The second kappa shape index (κ2) is 5.48. The molecule has 100 valence electrons. The van der Waals surface area contributed by atoms with Gasteiger partial charge in [0.2, 0.25) is 0 Å². The zero-order chi connectivity index (χ0) is 14.0. The maximum atomic E-state index is 13.5. The van der Waals surface area contributed by atoms with Gasteiger partial charge in [-0.2, -0.15) is 0 Å². The highest BCUT2D eigenvalue weighted by Gasteiger charge is 2.17. The molecule has 1 amide bonds. The fourth-order valence-corrected chi connectivity index (χ4v) is 2.86. The van der Waals surface area contributed by atoms with Gasteiger partial charge in [-0.15, -0.1) is 11.3 Å². The van der Waals surface area contributed by atoms with Gasteiger partial charge in [-0.25, -0.2) is 9.37 Å². The minimum Gasteiger partial charge on any atom is -0.345 e. The van der Waals surface area contributed by atoms with E-state index in [-0.39, 0.29) is 11.6 Å². The van der Waals surface area contributed by atoms with Crippen molar-refractivity contribution in [2.75, 3.05) is 0 Å². The van der Waals surface area contributed by atoms with Crippen LogP contribution in [0.1, 0.15) is 38.9 Å². The predicted molar refractivity (Wildman–Crippen MR) is 73.9 cm³/mol. The fraction of sp³-hybridized carbons (Fsp3) is 0.286. The van der Waals surface area contributed by atoms with E-state index in [1.807, 2.05) is 20.8 Å². The molecule has 1 aromatic carbocycles. The SMILES string of the molecule is Cc1nc(C)c(C(C)NC(=O)c2ccccc2F)s1. The summed E-state index contributed by atoms with van der Waals surface area (Å²) in [5.41, 5.74) is 0.970. The Hall–Kier alpha value is -1.75. The third kappa shape index (κ3) is 2.98. The van der Waals surface area contributed by atoms with Crippen LogP contribution in [-0.4, -0.2) is 10.9 Å². The second-order valence-electron chi connectivity index (χ2n) is 4.36. The molecule has 2 aromatic rings. The topological polar surface area (TPSA) is 42.0 Å². The summed E-state index contributed by atoms with van der Waals surface area (Å²) in [5.74, 6) is -0.916. The zero-order valence-electron chi connectivity index (χ0n) is 11.0. The van der Waals surface area contributed by atoms with Crippen molar-refractivity contribution in [3.05, 3.63) is 51.2 Å². The predicted octanol–water partition coefficient (Wildman–Crippen LogP) is 3.39. The van der Waals surface area contributed by atoms with E-state index >= 15 is 0 Å². The zero-order valence-corrected chi connectivity index (χ0v) is 11.8. The van der Waals surface area contributed by atoms with Crippen LogP contribution in [0.5, 0.6) is 0 Å². The van der Waals surface area contributed by atoms with E-state index < -0.39 is 11.7 Å². The molecule has 0 aliphatic rings. The molecule has 0 bridgehead atoms. The molecule has 2 rings (SSSR count). The maximum absolute atomic E-state index is 13.5. The summed E-state index contributed by atoms with van der Waals surface area (Å²) in [7, 11) is 0. The van der Waals surface area contributed by atoms with Gasteiger partial charge in [0.05, 0.1) is 22.3 Å². The van der Waals surface area contributed by atoms with Crippen molar-refractivity contribution in [2.45, 2.75) is 26.8 Å². The van der Waals surface area contributed by atoms with E-state index in [1.54, 1.807) is 23.5 Å². The van der Waals surface area contributed by atoms with Crippen LogP contribution in [-0.2, 0) is 0 Å². The Morgan fingerprint density at radius 1 is 1.37 bits per heavy atom. The first kappa shape index (κ1) is 13.7. The van der Waals surface area contributed by atoms with Gasteiger partial charge in [0.25, 0.3) is 5.91 Å². The fourth-order valence-electron chi connectivity index (χ4n) is 1.93. The lowest BCUT2D eigenvalue weighted by Crippen LogP contribution is -2.27. The van der Waals surface area contributed by atoms with E-state index in [1.165, 1.54) is 12.1 Å². The van der Waals surface area contributed by atoms with Crippen molar-refractivity contribution in [1.82, 2.24) is 10.3 Å². The van der Waals surface area contributed by atoms with E-state index in [0.29, 0.717) is 0 Å². The highest BCUT2D eigenvalue weighted by Crippen LogP contribution is 2.24. The number of nitrogens with one attached hydrogen (secondary N) is 1.